The Bertz CT molecular complexity index is 397. The van der Waals surface area contributed by atoms with Crippen LogP contribution in [0.3, 0.4) is 0 Å². The lowest BCUT2D eigenvalue weighted by Gasteiger charge is -2.16. The lowest BCUT2D eigenvalue weighted by molar-refractivity contribution is 0.201. The summed E-state index contributed by atoms with van der Waals surface area (Å²) in [7, 11) is 0. The number of pyridine rings is 1. The van der Waals surface area contributed by atoms with E-state index in [1.807, 2.05) is 0 Å². The molecule has 5 nitrogen and oxygen atoms in total. The van der Waals surface area contributed by atoms with Gasteiger partial charge in [-0.05, 0) is 28.4 Å². The number of anilines is 1. The Balaban J connectivity index is 2.45. The van der Waals surface area contributed by atoms with Crippen molar-refractivity contribution in [3.8, 4) is 5.75 Å². The third-order valence-corrected chi connectivity index (χ3v) is 2.50. The van der Waals surface area contributed by atoms with Crippen molar-refractivity contribution in [2.75, 3.05) is 18.1 Å². The van der Waals surface area contributed by atoms with Gasteiger partial charge in [0.2, 0.25) is 0 Å². The Hall–Kier alpha value is -1.30. The second-order valence-electron chi connectivity index (χ2n) is 3.11. The number of ether oxygens (including phenoxy) is 1. The van der Waals surface area contributed by atoms with Gasteiger partial charge in [-0.1, -0.05) is 0 Å². The molecule has 1 aromatic rings. The van der Waals surface area contributed by atoms with E-state index in [-0.39, 0.29) is 0 Å². The molecule has 1 aromatic heterocycles. The molecule has 1 N–H and O–H groups in total. The molecule has 0 bridgehead atoms. The summed E-state index contributed by atoms with van der Waals surface area (Å²) in [6.07, 6.45) is 1.22. The highest BCUT2D eigenvalue weighted by Gasteiger charge is 2.22. The fourth-order valence-corrected chi connectivity index (χ4v) is 1.73. The second-order valence-corrected chi connectivity index (χ2v) is 4.03. The minimum Gasteiger partial charge on any atom is -0.490 e. The predicted octanol–water partition coefficient (Wildman–Crippen LogP) is 2.11. The van der Waals surface area contributed by atoms with E-state index >= 15 is 0 Å². The van der Waals surface area contributed by atoms with Crippen LogP contribution in [0.1, 0.15) is 6.42 Å². The molecular weight excluding hydrogens is 264 g/mol. The highest BCUT2D eigenvalue weighted by Crippen LogP contribution is 2.30. The number of carbonyl (C=O) groups is 1. The van der Waals surface area contributed by atoms with E-state index in [2.05, 4.69) is 20.9 Å². The van der Waals surface area contributed by atoms with Crippen LogP contribution in [0.25, 0.3) is 0 Å². The SMILES string of the molecule is O=C(O)N1CCCOc2cc(Br)cnc21. The lowest BCUT2D eigenvalue weighted by Crippen LogP contribution is -2.30. The van der Waals surface area contributed by atoms with Gasteiger partial charge in [0.15, 0.2) is 11.6 Å². The Kier molecular flexibility index (Phi) is 2.77. The van der Waals surface area contributed by atoms with Crippen molar-refractivity contribution in [1.29, 1.82) is 0 Å². The van der Waals surface area contributed by atoms with Crippen molar-refractivity contribution in [1.82, 2.24) is 4.98 Å². The quantitative estimate of drug-likeness (QED) is 0.786. The van der Waals surface area contributed by atoms with Gasteiger partial charge in [0, 0.05) is 17.2 Å². The Morgan fingerprint density at radius 3 is 3.20 bits per heavy atom. The van der Waals surface area contributed by atoms with Gasteiger partial charge in [0.25, 0.3) is 0 Å². The summed E-state index contributed by atoms with van der Waals surface area (Å²) >= 11 is 3.26. The Morgan fingerprint density at radius 1 is 1.67 bits per heavy atom. The van der Waals surface area contributed by atoms with Crippen LogP contribution < -0.4 is 9.64 Å². The van der Waals surface area contributed by atoms with Crippen molar-refractivity contribution in [3.63, 3.8) is 0 Å². The molecule has 0 aromatic carbocycles. The topological polar surface area (TPSA) is 62.7 Å². The van der Waals surface area contributed by atoms with Crippen molar-refractivity contribution in [2.45, 2.75) is 6.42 Å². The maximum absolute atomic E-state index is 11.0. The van der Waals surface area contributed by atoms with Gasteiger partial charge in [0.1, 0.15) is 0 Å². The van der Waals surface area contributed by atoms with Crippen LogP contribution in [0.2, 0.25) is 0 Å². The van der Waals surface area contributed by atoms with Gasteiger partial charge in [-0.2, -0.15) is 0 Å². The van der Waals surface area contributed by atoms with Gasteiger partial charge in [-0.15, -0.1) is 0 Å². The molecule has 80 valence electrons. The highest BCUT2D eigenvalue weighted by atomic mass is 79.9. The molecule has 0 spiro atoms. The van der Waals surface area contributed by atoms with Crippen molar-refractivity contribution in [2.24, 2.45) is 0 Å². The fraction of sp³-hybridized carbons (Fsp3) is 0.333. The predicted molar refractivity (Wildman–Crippen MR) is 57.4 cm³/mol. The van der Waals surface area contributed by atoms with Crippen LogP contribution in [-0.2, 0) is 0 Å². The maximum Gasteiger partial charge on any atom is 0.413 e. The van der Waals surface area contributed by atoms with Crippen LogP contribution in [0.4, 0.5) is 10.6 Å². The van der Waals surface area contributed by atoms with Crippen LogP contribution in [0.15, 0.2) is 16.7 Å². The van der Waals surface area contributed by atoms with Gasteiger partial charge in [-0.25, -0.2) is 9.78 Å². The van der Waals surface area contributed by atoms with E-state index < -0.39 is 6.09 Å². The van der Waals surface area contributed by atoms with E-state index in [0.29, 0.717) is 31.1 Å². The van der Waals surface area contributed by atoms with Gasteiger partial charge < -0.3 is 9.84 Å². The molecule has 0 saturated carbocycles. The molecule has 1 aliphatic heterocycles. The van der Waals surface area contributed by atoms with E-state index in [1.165, 1.54) is 4.90 Å². The first-order chi connectivity index (χ1) is 7.18. The molecule has 1 aliphatic rings. The monoisotopic (exact) mass is 272 g/mol. The summed E-state index contributed by atoms with van der Waals surface area (Å²) in [5.74, 6) is 0.868. The summed E-state index contributed by atoms with van der Waals surface area (Å²) in [5.41, 5.74) is 0. The third-order valence-electron chi connectivity index (χ3n) is 2.07. The molecule has 0 atom stereocenters. The van der Waals surface area contributed by atoms with Gasteiger partial charge >= 0.3 is 6.09 Å². The van der Waals surface area contributed by atoms with Crippen molar-refractivity contribution >= 4 is 27.8 Å². The number of amides is 1. The number of rotatable bonds is 0. The summed E-state index contributed by atoms with van der Waals surface area (Å²) in [6, 6.07) is 1.73. The Morgan fingerprint density at radius 2 is 2.47 bits per heavy atom. The molecule has 0 saturated heterocycles. The van der Waals surface area contributed by atoms with E-state index in [4.69, 9.17) is 9.84 Å². The van der Waals surface area contributed by atoms with Crippen LogP contribution in [0.5, 0.6) is 5.75 Å². The zero-order valence-electron chi connectivity index (χ0n) is 7.81. The minimum atomic E-state index is -1.00. The molecule has 0 radical (unpaired) electrons. The van der Waals surface area contributed by atoms with E-state index in [9.17, 15) is 4.79 Å². The number of hydrogen-bond donors (Lipinski definition) is 1. The van der Waals surface area contributed by atoms with Crippen molar-refractivity contribution in [3.05, 3.63) is 16.7 Å². The zero-order valence-corrected chi connectivity index (χ0v) is 9.40. The lowest BCUT2D eigenvalue weighted by atomic mass is 10.4. The number of halogens is 1. The van der Waals surface area contributed by atoms with Crippen LogP contribution in [-0.4, -0.2) is 29.3 Å². The summed E-state index contributed by atoms with van der Waals surface area (Å²) < 4.78 is 6.18. The first-order valence-electron chi connectivity index (χ1n) is 4.47. The fourth-order valence-electron chi connectivity index (χ4n) is 1.42. The molecule has 2 heterocycles. The molecular formula is C9H9BrN2O3. The molecule has 0 unspecified atom stereocenters. The molecule has 1 amide bonds. The molecule has 2 rings (SSSR count). The summed E-state index contributed by atoms with van der Waals surface area (Å²) in [6.45, 7) is 0.922. The first-order valence-corrected chi connectivity index (χ1v) is 5.26. The number of aromatic nitrogens is 1. The Labute approximate surface area is 94.8 Å². The second kappa shape index (κ2) is 4.06. The summed E-state index contributed by atoms with van der Waals surface area (Å²) in [5, 5.41) is 9.00. The minimum absolute atomic E-state index is 0.364. The number of hydrogen-bond acceptors (Lipinski definition) is 3. The largest absolute Gasteiger partial charge is 0.490 e. The highest BCUT2D eigenvalue weighted by molar-refractivity contribution is 9.10. The normalized spacial score (nSPS) is 15.1. The third kappa shape index (κ3) is 2.04. The van der Waals surface area contributed by atoms with Gasteiger partial charge in [0.05, 0.1) is 6.61 Å². The van der Waals surface area contributed by atoms with E-state index in [1.54, 1.807) is 12.3 Å². The number of carboxylic acid groups (broad SMARTS) is 1. The molecule has 6 heteroatoms. The van der Waals surface area contributed by atoms with Crippen molar-refractivity contribution < 1.29 is 14.6 Å². The average Bonchev–Trinajstić information content (AvgIpc) is 2.38. The first kappa shape index (κ1) is 10.2. The number of nitrogens with zero attached hydrogens (tertiary/aromatic N) is 2. The molecule has 15 heavy (non-hydrogen) atoms. The maximum atomic E-state index is 11.0. The average molecular weight is 273 g/mol. The summed E-state index contributed by atoms with van der Waals surface area (Å²) in [4.78, 5) is 16.2. The van der Waals surface area contributed by atoms with Gasteiger partial charge in [-0.3, -0.25) is 4.90 Å². The van der Waals surface area contributed by atoms with Crippen LogP contribution in [0, 0.1) is 0 Å². The number of fused-ring (bicyclic) bond motifs is 1. The van der Waals surface area contributed by atoms with E-state index in [0.717, 1.165) is 4.47 Å². The smallest absolute Gasteiger partial charge is 0.413 e. The van der Waals surface area contributed by atoms with Crippen LogP contribution >= 0.6 is 15.9 Å². The standard InChI is InChI=1S/C9H9BrN2O3/c10-6-4-7-8(11-5-6)12(9(13)14)2-1-3-15-7/h4-5H,1-3H2,(H,13,14). The zero-order chi connectivity index (χ0) is 10.8. The molecule has 0 aliphatic carbocycles. The molecule has 0 fully saturated rings.